The lowest BCUT2D eigenvalue weighted by atomic mass is 10.1. The quantitative estimate of drug-likeness (QED) is 0.724. The molecule has 0 bridgehead atoms. The van der Waals surface area contributed by atoms with Crippen LogP contribution in [0.1, 0.15) is 11.3 Å². The number of fused-ring (bicyclic) bond motifs is 1. The molecule has 0 amide bonds. The third-order valence-electron chi connectivity index (χ3n) is 3.32. The third kappa shape index (κ3) is 2.38. The van der Waals surface area contributed by atoms with Crippen LogP contribution in [0.25, 0.3) is 16.9 Å². The lowest BCUT2D eigenvalue weighted by Gasteiger charge is -2.11. The minimum absolute atomic E-state index is 0.195. The number of hydrogen-bond acceptors (Lipinski definition) is 3. The van der Waals surface area contributed by atoms with Gasteiger partial charge in [-0.1, -0.05) is 0 Å². The minimum Gasteiger partial charge on any atom is -0.497 e. The Hall–Kier alpha value is -2.57. The fourth-order valence-electron chi connectivity index (χ4n) is 2.18. The summed E-state index contributed by atoms with van der Waals surface area (Å²) in [5.41, 5.74) is 0.749. The number of methoxy groups -OCH3 is 1. The molecule has 0 atom stereocenters. The standard InChI is InChI=1S/C15H12F3N3O/c1-9-8-19-21-13(15(16,17)18)7-12(20-14(9)21)10-3-5-11(22-2)6-4-10/h3-8H,1-2H3. The van der Waals surface area contributed by atoms with Gasteiger partial charge >= 0.3 is 6.18 Å². The number of nitrogens with zero attached hydrogens (tertiary/aromatic N) is 3. The molecule has 0 aliphatic heterocycles. The summed E-state index contributed by atoms with van der Waals surface area (Å²) in [6.07, 6.45) is -3.14. The molecule has 114 valence electrons. The van der Waals surface area contributed by atoms with Gasteiger partial charge in [0.05, 0.1) is 19.0 Å². The summed E-state index contributed by atoms with van der Waals surface area (Å²) in [4.78, 5) is 4.29. The van der Waals surface area contributed by atoms with Gasteiger partial charge in [-0.2, -0.15) is 18.3 Å². The highest BCUT2D eigenvalue weighted by Gasteiger charge is 2.35. The molecule has 0 aliphatic rings. The summed E-state index contributed by atoms with van der Waals surface area (Å²) in [6.45, 7) is 1.67. The molecule has 0 spiro atoms. The SMILES string of the molecule is COc1ccc(-c2cc(C(F)(F)F)n3ncc(C)c3n2)cc1. The summed E-state index contributed by atoms with van der Waals surface area (Å²) >= 11 is 0. The summed E-state index contributed by atoms with van der Waals surface area (Å²) in [7, 11) is 1.52. The highest BCUT2D eigenvalue weighted by atomic mass is 19.4. The molecule has 1 aromatic carbocycles. The van der Waals surface area contributed by atoms with Crippen molar-refractivity contribution in [3.05, 3.63) is 47.8 Å². The molecular formula is C15H12F3N3O. The van der Waals surface area contributed by atoms with Gasteiger partial charge in [0, 0.05) is 11.1 Å². The van der Waals surface area contributed by atoms with E-state index in [9.17, 15) is 13.2 Å². The van der Waals surface area contributed by atoms with E-state index in [0.717, 1.165) is 10.6 Å². The van der Waals surface area contributed by atoms with Crippen molar-refractivity contribution < 1.29 is 17.9 Å². The molecule has 3 rings (SSSR count). The molecule has 2 aromatic heterocycles. The number of hydrogen-bond donors (Lipinski definition) is 0. The van der Waals surface area contributed by atoms with Crippen molar-refractivity contribution in [2.24, 2.45) is 0 Å². The topological polar surface area (TPSA) is 39.4 Å². The molecule has 0 saturated carbocycles. The number of alkyl halides is 3. The molecule has 22 heavy (non-hydrogen) atoms. The Morgan fingerprint density at radius 2 is 1.82 bits per heavy atom. The highest BCUT2D eigenvalue weighted by molar-refractivity contribution is 5.64. The second-order valence-corrected chi connectivity index (χ2v) is 4.82. The first-order valence-electron chi connectivity index (χ1n) is 6.47. The fourth-order valence-corrected chi connectivity index (χ4v) is 2.18. The number of halogens is 3. The first-order valence-corrected chi connectivity index (χ1v) is 6.47. The van der Waals surface area contributed by atoms with Crippen molar-refractivity contribution in [3.8, 4) is 17.0 Å². The highest BCUT2D eigenvalue weighted by Crippen LogP contribution is 2.32. The lowest BCUT2D eigenvalue weighted by molar-refractivity contribution is -0.142. The zero-order valence-electron chi connectivity index (χ0n) is 11.8. The fraction of sp³-hybridized carbons (Fsp3) is 0.200. The average molecular weight is 307 g/mol. The van der Waals surface area contributed by atoms with Crippen molar-refractivity contribution in [3.63, 3.8) is 0 Å². The number of rotatable bonds is 2. The Labute approximate surface area is 124 Å². The van der Waals surface area contributed by atoms with E-state index in [1.807, 2.05) is 0 Å². The smallest absolute Gasteiger partial charge is 0.433 e. The largest absolute Gasteiger partial charge is 0.497 e. The molecule has 0 saturated heterocycles. The number of benzene rings is 1. The molecule has 0 unspecified atom stereocenters. The maximum Gasteiger partial charge on any atom is 0.433 e. The van der Waals surface area contributed by atoms with Crippen LogP contribution in [0.15, 0.2) is 36.5 Å². The van der Waals surface area contributed by atoms with E-state index in [2.05, 4.69) is 10.1 Å². The van der Waals surface area contributed by atoms with E-state index in [1.54, 1.807) is 31.2 Å². The zero-order valence-corrected chi connectivity index (χ0v) is 11.8. The Balaban J connectivity index is 2.23. The molecule has 2 heterocycles. The number of aryl methyl sites for hydroxylation is 1. The molecule has 0 fully saturated rings. The van der Waals surface area contributed by atoms with Crippen LogP contribution < -0.4 is 4.74 Å². The van der Waals surface area contributed by atoms with Crippen LogP contribution in [0.2, 0.25) is 0 Å². The second kappa shape index (κ2) is 5.01. The van der Waals surface area contributed by atoms with Crippen molar-refractivity contribution in [2.45, 2.75) is 13.1 Å². The average Bonchev–Trinajstić information content (AvgIpc) is 2.87. The molecule has 4 nitrogen and oxygen atoms in total. The van der Waals surface area contributed by atoms with Gasteiger partial charge in [0.2, 0.25) is 0 Å². The number of ether oxygens (including phenoxy) is 1. The molecule has 0 N–H and O–H groups in total. The Bertz CT molecular complexity index is 822. The van der Waals surface area contributed by atoms with Crippen LogP contribution in [-0.4, -0.2) is 21.7 Å². The summed E-state index contributed by atoms with van der Waals surface area (Å²) < 4.78 is 45.6. The Morgan fingerprint density at radius 1 is 1.14 bits per heavy atom. The Morgan fingerprint density at radius 3 is 2.41 bits per heavy atom. The van der Waals surface area contributed by atoms with E-state index >= 15 is 0 Å². The molecule has 3 aromatic rings. The van der Waals surface area contributed by atoms with Crippen LogP contribution in [0.5, 0.6) is 5.75 Å². The van der Waals surface area contributed by atoms with Crippen LogP contribution in [-0.2, 0) is 6.18 Å². The summed E-state index contributed by atoms with van der Waals surface area (Å²) in [5, 5.41) is 3.76. The van der Waals surface area contributed by atoms with E-state index in [-0.39, 0.29) is 11.3 Å². The first-order chi connectivity index (χ1) is 10.4. The summed E-state index contributed by atoms with van der Waals surface area (Å²) in [6, 6.07) is 7.70. The monoisotopic (exact) mass is 307 g/mol. The molecule has 0 aliphatic carbocycles. The molecule has 0 radical (unpaired) electrons. The van der Waals surface area contributed by atoms with Gasteiger partial charge in [0.1, 0.15) is 5.75 Å². The van der Waals surface area contributed by atoms with Crippen molar-refractivity contribution in [1.29, 1.82) is 0 Å². The lowest BCUT2D eigenvalue weighted by Crippen LogP contribution is -2.13. The summed E-state index contributed by atoms with van der Waals surface area (Å²) in [5.74, 6) is 0.626. The second-order valence-electron chi connectivity index (χ2n) is 4.82. The third-order valence-corrected chi connectivity index (χ3v) is 3.32. The van der Waals surface area contributed by atoms with Crippen LogP contribution in [0.3, 0.4) is 0 Å². The predicted octanol–water partition coefficient (Wildman–Crippen LogP) is 3.73. The minimum atomic E-state index is -4.51. The van der Waals surface area contributed by atoms with Gasteiger partial charge < -0.3 is 4.74 Å². The predicted molar refractivity (Wildman–Crippen MR) is 74.7 cm³/mol. The maximum absolute atomic E-state index is 13.2. The van der Waals surface area contributed by atoms with Crippen molar-refractivity contribution in [2.75, 3.05) is 7.11 Å². The van der Waals surface area contributed by atoms with E-state index in [1.165, 1.54) is 13.3 Å². The van der Waals surface area contributed by atoms with Crippen LogP contribution in [0, 0.1) is 6.92 Å². The number of aromatic nitrogens is 3. The maximum atomic E-state index is 13.2. The van der Waals surface area contributed by atoms with E-state index in [0.29, 0.717) is 16.9 Å². The van der Waals surface area contributed by atoms with Gasteiger partial charge in [0.15, 0.2) is 11.3 Å². The van der Waals surface area contributed by atoms with E-state index < -0.39 is 11.9 Å². The van der Waals surface area contributed by atoms with Gasteiger partial charge in [-0.15, -0.1) is 0 Å². The first kappa shape index (κ1) is 14.4. The zero-order chi connectivity index (χ0) is 15.9. The molecule has 7 heteroatoms. The van der Waals surface area contributed by atoms with Gasteiger partial charge in [-0.05, 0) is 37.3 Å². The van der Waals surface area contributed by atoms with Gasteiger partial charge in [-0.3, -0.25) is 0 Å². The van der Waals surface area contributed by atoms with Crippen LogP contribution in [0.4, 0.5) is 13.2 Å². The van der Waals surface area contributed by atoms with Crippen molar-refractivity contribution in [1.82, 2.24) is 14.6 Å². The van der Waals surface area contributed by atoms with Crippen molar-refractivity contribution >= 4 is 5.65 Å². The normalized spacial score (nSPS) is 11.9. The van der Waals surface area contributed by atoms with Gasteiger partial charge in [0.25, 0.3) is 0 Å². The molecular weight excluding hydrogens is 295 g/mol. The van der Waals surface area contributed by atoms with Crippen LogP contribution >= 0.6 is 0 Å². The Kier molecular flexibility index (Phi) is 3.27. The van der Waals surface area contributed by atoms with E-state index in [4.69, 9.17) is 4.74 Å². The van der Waals surface area contributed by atoms with Gasteiger partial charge in [-0.25, -0.2) is 9.50 Å².